The quantitative estimate of drug-likeness (QED) is 0.809. The fourth-order valence-corrected chi connectivity index (χ4v) is 3.22. The number of aromatic hydroxyl groups is 1. The molecule has 0 fully saturated rings. The van der Waals surface area contributed by atoms with Gasteiger partial charge in [-0.25, -0.2) is 4.79 Å². The summed E-state index contributed by atoms with van der Waals surface area (Å²) in [6.45, 7) is 0.817. The summed E-state index contributed by atoms with van der Waals surface area (Å²) in [5.74, 6) is 1.13. The molecule has 2 aromatic rings. The summed E-state index contributed by atoms with van der Waals surface area (Å²) >= 11 is 0. The second-order valence-corrected chi connectivity index (χ2v) is 7.10. The van der Waals surface area contributed by atoms with Crippen LogP contribution in [0.15, 0.2) is 54.6 Å². The number of phenolic OH excluding ortho intramolecular Hbond substituents is 1. The Balaban J connectivity index is 1.70. The smallest absolute Gasteiger partial charge is 0.317 e. The fraction of sp³-hybridized carbons (Fsp3) is 0.278. The van der Waals surface area contributed by atoms with E-state index >= 15 is 0 Å². The molecule has 0 spiro atoms. The van der Waals surface area contributed by atoms with Crippen LogP contribution < -0.4 is 5.32 Å². The summed E-state index contributed by atoms with van der Waals surface area (Å²) in [5, 5.41) is 12.0. The third kappa shape index (κ3) is 6.04. The Bertz CT molecular complexity index is 674. The van der Waals surface area contributed by atoms with Gasteiger partial charge in [0.15, 0.2) is 0 Å². The van der Waals surface area contributed by atoms with Crippen LogP contribution in [0.4, 0.5) is 4.79 Å². The van der Waals surface area contributed by atoms with E-state index in [1.165, 1.54) is 0 Å². The van der Waals surface area contributed by atoms with Gasteiger partial charge in [-0.3, -0.25) is 4.21 Å². The lowest BCUT2D eigenvalue weighted by molar-refractivity contribution is 0.207. The number of hydrogen-bond donors (Lipinski definition) is 2. The first-order valence-electron chi connectivity index (χ1n) is 7.70. The van der Waals surface area contributed by atoms with Gasteiger partial charge in [0.05, 0.1) is 0 Å². The lowest BCUT2D eigenvalue weighted by atomic mass is 10.2. The van der Waals surface area contributed by atoms with Gasteiger partial charge in [-0.2, -0.15) is 0 Å². The van der Waals surface area contributed by atoms with Gasteiger partial charge in [-0.05, 0) is 23.3 Å². The van der Waals surface area contributed by atoms with Crippen molar-refractivity contribution in [2.45, 2.75) is 12.3 Å². The number of hydrogen-bond acceptors (Lipinski definition) is 3. The Morgan fingerprint density at radius 1 is 1.08 bits per heavy atom. The molecule has 2 N–H and O–H groups in total. The zero-order valence-electron chi connectivity index (χ0n) is 13.6. The molecular weight excluding hydrogens is 324 g/mol. The molecule has 128 valence electrons. The maximum Gasteiger partial charge on any atom is 0.317 e. The van der Waals surface area contributed by atoms with Crippen LogP contribution in [0, 0.1) is 0 Å². The lowest BCUT2D eigenvalue weighted by Crippen LogP contribution is -2.38. The van der Waals surface area contributed by atoms with E-state index in [2.05, 4.69) is 5.32 Å². The second kappa shape index (κ2) is 9.08. The van der Waals surface area contributed by atoms with Crippen LogP contribution >= 0.6 is 0 Å². The monoisotopic (exact) mass is 346 g/mol. The number of carbonyl (C=O) groups is 1. The van der Waals surface area contributed by atoms with E-state index in [4.69, 9.17) is 0 Å². The summed E-state index contributed by atoms with van der Waals surface area (Å²) in [6, 6.07) is 16.2. The van der Waals surface area contributed by atoms with Crippen LogP contribution in [0.25, 0.3) is 0 Å². The van der Waals surface area contributed by atoms with Crippen molar-refractivity contribution in [1.82, 2.24) is 10.2 Å². The van der Waals surface area contributed by atoms with Crippen molar-refractivity contribution in [3.63, 3.8) is 0 Å². The molecule has 0 aromatic heterocycles. The summed E-state index contributed by atoms with van der Waals surface area (Å²) in [4.78, 5) is 13.6. The molecule has 2 aromatic carbocycles. The molecular formula is C18H22N2O3S. The van der Waals surface area contributed by atoms with E-state index in [0.717, 1.165) is 11.1 Å². The molecule has 2 rings (SSSR count). The molecule has 24 heavy (non-hydrogen) atoms. The maximum absolute atomic E-state index is 12.0. The number of nitrogens with one attached hydrogen (secondary N) is 1. The van der Waals surface area contributed by atoms with Crippen LogP contribution in [-0.4, -0.2) is 39.6 Å². The van der Waals surface area contributed by atoms with Crippen molar-refractivity contribution in [2.24, 2.45) is 0 Å². The van der Waals surface area contributed by atoms with E-state index in [9.17, 15) is 14.1 Å². The Kier molecular flexibility index (Phi) is 6.81. The van der Waals surface area contributed by atoms with Crippen molar-refractivity contribution in [3.05, 3.63) is 65.7 Å². The van der Waals surface area contributed by atoms with Crippen LogP contribution in [0.3, 0.4) is 0 Å². The highest BCUT2D eigenvalue weighted by Gasteiger charge is 2.09. The molecule has 0 aliphatic rings. The topological polar surface area (TPSA) is 69.6 Å². The molecule has 5 nitrogen and oxygen atoms in total. The summed E-state index contributed by atoms with van der Waals surface area (Å²) in [7, 11) is 0.695. The SMILES string of the molecule is CN(Cc1ccc(O)cc1)C(=O)NCCS(=O)Cc1ccccc1. The number of urea groups is 1. The fourth-order valence-electron chi connectivity index (χ4n) is 2.19. The number of carbonyl (C=O) groups excluding carboxylic acids is 1. The Morgan fingerprint density at radius 3 is 2.42 bits per heavy atom. The summed E-state index contributed by atoms with van der Waals surface area (Å²) in [6.07, 6.45) is 0. The minimum Gasteiger partial charge on any atom is -0.508 e. The van der Waals surface area contributed by atoms with Crippen molar-refractivity contribution in [1.29, 1.82) is 0 Å². The Hall–Kier alpha value is -2.34. The highest BCUT2D eigenvalue weighted by atomic mass is 32.2. The largest absolute Gasteiger partial charge is 0.508 e. The molecule has 6 heteroatoms. The normalized spacial score (nSPS) is 11.7. The third-order valence-electron chi connectivity index (χ3n) is 3.48. The number of phenols is 1. The van der Waals surface area contributed by atoms with Crippen molar-refractivity contribution >= 4 is 16.8 Å². The highest BCUT2D eigenvalue weighted by Crippen LogP contribution is 2.11. The summed E-state index contributed by atoms with van der Waals surface area (Å²) in [5.41, 5.74) is 1.96. The van der Waals surface area contributed by atoms with E-state index in [1.807, 2.05) is 30.3 Å². The van der Waals surface area contributed by atoms with Gasteiger partial charge < -0.3 is 15.3 Å². The first-order valence-corrected chi connectivity index (χ1v) is 9.19. The zero-order chi connectivity index (χ0) is 17.4. The molecule has 1 atom stereocenters. The van der Waals surface area contributed by atoms with E-state index in [0.29, 0.717) is 24.6 Å². The molecule has 0 aliphatic carbocycles. The molecule has 0 bridgehead atoms. The number of amides is 2. The van der Waals surface area contributed by atoms with Crippen molar-refractivity contribution < 1.29 is 14.1 Å². The van der Waals surface area contributed by atoms with Gasteiger partial charge in [0.2, 0.25) is 0 Å². The standard InChI is InChI=1S/C18H22N2O3S/c1-20(13-15-7-9-17(21)10-8-15)18(22)19-11-12-24(23)14-16-5-3-2-4-6-16/h2-10,21H,11-14H2,1H3,(H,19,22). The predicted molar refractivity (Wildman–Crippen MR) is 96.1 cm³/mol. The van der Waals surface area contributed by atoms with E-state index in [1.54, 1.807) is 36.2 Å². The minimum absolute atomic E-state index is 0.201. The van der Waals surface area contributed by atoms with E-state index in [-0.39, 0.29) is 11.8 Å². The number of nitrogens with zero attached hydrogens (tertiary/aromatic N) is 1. The van der Waals surface area contributed by atoms with Gasteiger partial charge in [0.1, 0.15) is 5.75 Å². The maximum atomic E-state index is 12.0. The lowest BCUT2D eigenvalue weighted by Gasteiger charge is -2.18. The first kappa shape index (κ1) is 18.0. The predicted octanol–water partition coefficient (Wildman–Crippen LogP) is 2.48. The van der Waals surface area contributed by atoms with Crippen LogP contribution in [0.5, 0.6) is 5.75 Å². The summed E-state index contributed by atoms with van der Waals surface area (Å²) < 4.78 is 12.0. The number of benzene rings is 2. The van der Waals surface area contributed by atoms with Gasteiger partial charge in [0.25, 0.3) is 0 Å². The van der Waals surface area contributed by atoms with E-state index < -0.39 is 10.8 Å². The molecule has 0 radical (unpaired) electrons. The number of rotatable bonds is 7. The van der Waals surface area contributed by atoms with Gasteiger partial charge in [-0.15, -0.1) is 0 Å². The first-order chi connectivity index (χ1) is 11.5. The highest BCUT2D eigenvalue weighted by molar-refractivity contribution is 7.84. The van der Waals surface area contributed by atoms with Gasteiger partial charge in [0, 0.05) is 42.4 Å². The zero-order valence-corrected chi connectivity index (χ0v) is 14.5. The van der Waals surface area contributed by atoms with Crippen LogP contribution in [0.2, 0.25) is 0 Å². The molecule has 1 unspecified atom stereocenters. The molecule has 0 saturated carbocycles. The molecule has 2 amide bonds. The third-order valence-corrected chi connectivity index (χ3v) is 4.79. The van der Waals surface area contributed by atoms with Gasteiger partial charge in [-0.1, -0.05) is 42.5 Å². The second-order valence-electron chi connectivity index (χ2n) is 5.53. The van der Waals surface area contributed by atoms with Gasteiger partial charge >= 0.3 is 6.03 Å². The average Bonchev–Trinajstić information content (AvgIpc) is 2.57. The van der Waals surface area contributed by atoms with Crippen LogP contribution in [-0.2, 0) is 23.1 Å². The van der Waals surface area contributed by atoms with Crippen molar-refractivity contribution in [2.75, 3.05) is 19.3 Å². The Labute approximate surface area is 144 Å². The molecule has 0 heterocycles. The minimum atomic E-state index is -1.00. The van der Waals surface area contributed by atoms with Crippen molar-refractivity contribution in [3.8, 4) is 5.75 Å². The molecule has 0 aliphatic heterocycles. The Morgan fingerprint density at radius 2 is 1.75 bits per heavy atom. The molecule has 0 saturated heterocycles. The van der Waals surface area contributed by atoms with Crippen LogP contribution in [0.1, 0.15) is 11.1 Å². The average molecular weight is 346 g/mol.